The molecule has 3 aromatic rings. The molecule has 1 aliphatic carbocycles. The zero-order valence-electron chi connectivity index (χ0n) is 28.0. The number of hydrogen-bond acceptors (Lipinski definition) is 9. The van der Waals surface area contributed by atoms with Gasteiger partial charge in [0, 0.05) is 44.3 Å². The van der Waals surface area contributed by atoms with Gasteiger partial charge in [-0.05, 0) is 115 Å². The molecule has 2 aromatic heterocycles. The molecule has 7 rings (SSSR count). The van der Waals surface area contributed by atoms with Gasteiger partial charge in [-0.15, -0.1) is 0 Å². The van der Waals surface area contributed by atoms with Crippen LogP contribution in [0.1, 0.15) is 65.3 Å². The van der Waals surface area contributed by atoms with Crippen molar-refractivity contribution in [1.29, 1.82) is 0 Å². The van der Waals surface area contributed by atoms with E-state index in [0.29, 0.717) is 17.8 Å². The van der Waals surface area contributed by atoms with Crippen molar-refractivity contribution in [2.45, 2.75) is 77.0 Å². The topological polar surface area (TPSA) is 115 Å². The Bertz CT molecular complexity index is 1620. The van der Waals surface area contributed by atoms with Crippen LogP contribution >= 0.6 is 0 Å². The minimum Gasteiger partial charge on any atom is -0.458 e. The van der Waals surface area contributed by atoms with E-state index in [2.05, 4.69) is 36.6 Å². The summed E-state index contributed by atoms with van der Waals surface area (Å²) in [6.45, 7) is 12.8. The highest BCUT2D eigenvalue weighted by Gasteiger charge is 2.38. The lowest BCUT2D eigenvalue weighted by Gasteiger charge is -2.48. The molecule has 0 saturated carbocycles. The largest absolute Gasteiger partial charge is 0.458 e. The number of likely N-dealkylation sites (tertiary alicyclic amines) is 3. The minimum absolute atomic E-state index is 0.188. The van der Waals surface area contributed by atoms with E-state index in [1.165, 1.54) is 12.8 Å². The Labute approximate surface area is 277 Å². The lowest BCUT2D eigenvalue weighted by Crippen LogP contribution is -2.62. The molecular weight excluding hydrogens is 592 g/mol. The van der Waals surface area contributed by atoms with Gasteiger partial charge < -0.3 is 25.0 Å². The Morgan fingerprint density at radius 3 is 2.38 bits per heavy atom. The smallest absolute Gasteiger partial charge is 0.410 e. The van der Waals surface area contributed by atoms with Crippen molar-refractivity contribution in [3.8, 4) is 17.0 Å². The van der Waals surface area contributed by atoms with Gasteiger partial charge in [0.1, 0.15) is 34.9 Å². The highest BCUT2D eigenvalue weighted by Crippen LogP contribution is 2.35. The number of rotatable bonds is 7. The third-order valence-corrected chi connectivity index (χ3v) is 9.94. The molecule has 1 amide bonds. The summed E-state index contributed by atoms with van der Waals surface area (Å²) in [4.78, 5) is 28.3. The second-order valence-corrected chi connectivity index (χ2v) is 14.5. The second-order valence-electron chi connectivity index (χ2n) is 14.5. The maximum absolute atomic E-state index is 12.3. The number of carbonyl (C=O) groups excluding carboxylic acids is 1. The molecule has 2 N–H and O–H groups in total. The van der Waals surface area contributed by atoms with E-state index < -0.39 is 5.60 Å². The summed E-state index contributed by atoms with van der Waals surface area (Å²) in [5.74, 6) is 2.85. The number of hydrogen-bond donors (Lipinski definition) is 1. The van der Waals surface area contributed by atoms with Crippen LogP contribution in [0.4, 0.5) is 10.6 Å². The molecular formula is C36H48N8O3. The fourth-order valence-electron chi connectivity index (χ4n) is 7.31. The first-order valence-electron chi connectivity index (χ1n) is 17.3. The summed E-state index contributed by atoms with van der Waals surface area (Å²) in [5, 5.41) is 5.93. The van der Waals surface area contributed by atoms with Gasteiger partial charge >= 0.3 is 6.09 Å². The molecule has 0 spiro atoms. The molecule has 3 aliphatic heterocycles. The quantitative estimate of drug-likeness (QED) is 0.350. The average molecular weight is 641 g/mol. The molecule has 11 heteroatoms. The number of allylic oxidation sites excluding steroid dienone is 3. The third kappa shape index (κ3) is 7.16. The summed E-state index contributed by atoms with van der Waals surface area (Å²) in [7, 11) is 0. The van der Waals surface area contributed by atoms with E-state index in [1.807, 2.05) is 56.0 Å². The first-order chi connectivity index (χ1) is 22.7. The third-order valence-electron chi connectivity index (χ3n) is 9.94. The van der Waals surface area contributed by atoms with Crippen molar-refractivity contribution < 1.29 is 14.3 Å². The SMILES string of the molecule is CC(C)(C)OC(=O)N1CC(N2CCC(CN3CCC(n4nc(-c5ccc(OC6=CCCC=C6)cc5)c5c(N)ncnc54)CC3)CC2)C1. The first kappa shape index (κ1) is 31.6. The monoisotopic (exact) mass is 640 g/mol. The molecule has 4 aliphatic rings. The lowest BCUT2D eigenvalue weighted by atomic mass is 9.93. The van der Waals surface area contributed by atoms with Crippen molar-refractivity contribution >= 4 is 22.9 Å². The van der Waals surface area contributed by atoms with E-state index in [-0.39, 0.29) is 12.1 Å². The molecule has 3 saturated heterocycles. The van der Waals surface area contributed by atoms with Gasteiger partial charge in [0.2, 0.25) is 0 Å². The van der Waals surface area contributed by atoms with Gasteiger partial charge in [0.05, 0.1) is 11.4 Å². The number of piperidine rings is 2. The summed E-state index contributed by atoms with van der Waals surface area (Å²) in [5.41, 5.74) is 8.57. The molecule has 0 radical (unpaired) electrons. The van der Waals surface area contributed by atoms with Crippen LogP contribution in [0.2, 0.25) is 0 Å². The fraction of sp³-hybridized carbons (Fsp3) is 0.556. The summed E-state index contributed by atoms with van der Waals surface area (Å²) >= 11 is 0. The first-order valence-corrected chi connectivity index (χ1v) is 17.3. The number of benzene rings is 1. The highest BCUT2D eigenvalue weighted by atomic mass is 16.6. The van der Waals surface area contributed by atoms with Crippen LogP contribution in [0.25, 0.3) is 22.3 Å². The zero-order valence-corrected chi connectivity index (χ0v) is 28.0. The summed E-state index contributed by atoms with van der Waals surface area (Å²) in [6.07, 6.45) is 14.2. The predicted molar refractivity (Wildman–Crippen MR) is 183 cm³/mol. The number of ether oxygens (including phenoxy) is 2. The number of carbonyl (C=O) groups is 1. The van der Waals surface area contributed by atoms with Gasteiger partial charge in [0.15, 0.2) is 5.65 Å². The predicted octanol–water partition coefficient (Wildman–Crippen LogP) is 5.66. The Kier molecular flexibility index (Phi) is 8.93. The van der Waals surface area contributed by atoms with Crippen LogP contribution in [0.15, 0.2) is 54.6 Å². The van der Waals surface area contributed by atoms with E-state index in [9.17, 15) is 4.79 Å². The zero-order chi connectivity index (χ0) is 32.5. The lowest BCUT2D eigenvalue weighted by molar-refractivity contribution is -0.0229. The number of anilines is 1. The Hall–Kier alpha value is -3.96. The summed E-state index contributed by atoms with van der Waals surface area (Å²) < 4.78 is 13.7. The van der Waals surface area contributed by atoms with Crippen LogP contribution in [0.5, 0.6) is 5.75 Å². The van der Waals surface area contributed by atoms with Crippen molar-refractivity contribution in [2.24, 2.45) is 5.92 Å². The number of fused-ring (bicyclic) bond motifs is 1. The Morgan fingerprint density at radius 1 is 0.957 bits per heavy atom. The highest BCUT2D eigenvalue weighted by molar-refractivity contribution is 5.98. The van der Waals surface area contributed by atoms with Crippen LogP contribution in [-0.2, 0) is 4.74 Å². The van der Waals surface area contributed by atoms with E-state index in [0.717, 1.165) is 105 Å². The van der Waals surface area contributed by atoms with Crippen molar-refractivity contribution in [3.05, 3.63) is 54.6 Å². The Morgan fingerprint density at radius 2 is 1.70 bits per heavy atom. The van der Waals surface area contributed by atoms with E-state index in [4.69, 9.17) is 20.3 Å². The number of nitrogens with two attached hydrogens (primary N) is 1. The van der Waals surface area contributed by atoms with Crippen LogP contribution in [0, 0.1) is 5.92 Å². The van der Waals surface area contributed by atoms with E-state index in [1.54, 1.807) is 6.33 Å². The molecule has 0 unspecified atom stereocenters. The van der Waals surface area contributed by atoms with Crippen molar-refractivity contribution in [1.82, 2.24) is 34.4 Å². The number of nitrogens with zero attached hydrogens (tertiary/aromatic N) is 7. The van der Waals surface area contributed by atoms with Crippen LogP contribution in [0.3, 0.4) is 0 Å². The molecule has 0 bridgehead atoms. The van der Waals surface area contributed by atoms with Crippen molar-refractivity contribution in [2.75, 3.05) is 51.5 Å². The van der Waals surface area contributed by atoms with E-state index >= 15 is 0 Å². The molecule has 5 heterocycles. The van der Waals surface area contributed by atoms with Gasteiger partial charge in [0.25, 0.3) is 0 Å². The van der Waals surface area contributed by atoms with Crippen molar-refractivity contribution in [3.63, 3.8) is 0 Å². The minimum atomic E-state index is -0.444. The Balaban J connectivity index is 0.926. The fourth-order valence-corrected chi connectivity index (χ4v) is 7.31. The molecule has 47 heavy (non-hydrogen) atoms. The van der Waals surface area contributed by atoms with Crippen LogP contribution in [-0.4, -0.2) is 98.0 Å². The van der Waals surface area contributed by atoms with Gasteiger partial charge in [-0.3, -0.25) is 4.90 Å². The normalized spacial score (nSPS) is 20.7. The maximum atomic E-state index is 12.3. The number of nitrogen functional groups attached to an aromatic ring is 1. The summed E-state index contributed by atoms with van der Waals surface area (Å²) in [6, 6.07) is 8.77. The molecule has 250 valence electrons. The standard InChI is InChI=1S/C36H48N8O3/c1-36(2,3)47-35(45)43-22-28(23-43)42-19-13-25(14-20-42)21-41-17-15-27(16-18-41)44-34-31(33(37)38-24-39-34)32(40-44)26-9-11-30(12-10-26)46-29-7-5-4-6-8-29/h5,7-12,24-25,27-28H,4,6,13-23H2,1-3H3,(H2,37,38,39). The molecule has 3 fully saturated rings. The molecule has 11 nitrogen and oxygen atoms in total. The number of aromatic nitrogens is 4. The van der Waals surface area contributed by atoms with Gasteiger partial charge in [-0.25, -0.2) is 19.4 Å². The molecule has 1 aromatic carbocycles. The molecule has 0 atom stereocenters. The van der Waals surface area contributed by atoms with Gasteiger partial charge in [-0.2, -0.15) is 5.10 Å². The van der Waals surface area contributed by atoms with Crippen LogP contribution < -0.4 is 10.5 Å². The van der Waals surface area contributed by atoms with Gasteiger partial charge in [-0.1, -0.05) is 6.08 Å². The number of amides is 1. The average Bonchev–Trinajstić information content (AvgIpc) is 3.43. The maximum Gasteiger partial charge on any atom is 0.410 e. The second kappa shape index (κ2) is 13.3.